The van der Waals surface area contributed by atoms with Gasteiger partial charge in [0.15, 0.2) is 0 Å². The highest BCUT2D eigenvalue weighted by molar-refractivity contribution is 5.29. The van der Waals surface area contributed by atoms with Crippen LogP contribution in [0, 0.1) is 5.92 Å². The second kappa shape index (κ2) is 6.95. The molecule has 2 rings (SSSR count). The summed E-state index contributed by atoms with van der Waals surface area (Å²) < 4.78 is 6.17. The Hall–Kier alpha value is -1.02. The van der Waals surface area contributed by atoms with E-state index < -0.39 is 0 Å². The van der Waals surface area contributed by atoms with Gasteiger partial charge >= 0.3 is 0 Å². The summed E-state index contributed by atoms with van der Waals surface area (Å²) in [7, 11) is 0. The van der Waals surface area contributed by atoms with Gasteiger partial charge in [-0.25, -0.2) is 0 Å². The number of ether oxygens (including phenoxy) is 1. The Labute approximate surface area is 117 Å². The van der Waals surface area contributed by atoms with Gasteiger partial charge < -0.3 is 10.5 Å². The third-order valence-electron chi connectivity index (χ3n) is 4.07. The number of nitrogens with two attached hydrogens (primary N) is 1. The van der Waals surface area contributed by atoms with Gasteiger partial charge in [-0.1, -0.05) is 31.9 Å². The second-order valence-electron chi connectivity index (χ2n) is 6.01. The largest absolute Gasteiger partial charge is 0.490 e. The lowest BCUT2D eigenvalue weighted by Gasteiger charge is -2.29. The standard InChI is InChI=1S/C17H27NO/c1-3-14-6-4-8-16(11-14)19-17-9-5-7-15(12-17)10-13(2)18/h5,7,9,12-14,16H,3-4,6,8,10-11,18H2,1-2H3. The van der Waals surface area contributed by atoms with Crippen molar-refractivity contribution in [2.24, 2.45) is 11.7 Å². The lowest BCUT2D eigenvalue weighted by atomic mass is 9.85. The average Bonchev–Trinajstić information content (AvgIpc) is 2.38. The second-order valence-corrected chi connectivity index (χ2v) is 6.01. The summed E-state index contributed by atoms with van der Waals surface area (Å²) >= 11 is 0. The van der Waals surface area contributed by atoms with E-state index in [4.69, 9.17) is 10.5 Å². The molecule has 3 unspecified atom stereocenters. The van der Waals surface area contributed by atoms with Gasteiger partial charge in [-0.05, 0) is 56.2 Å². The van der Waals surface area contributed by atoms with E-state index in [9.17, 15) is 0 Å². The molecule has 0 aromatic heterocycles. The SMILES string of the molecule is CCC1CCCC(Oc2cccc(CC(C)N)c2)C1. The van der Waals surface area contributed by atoms with Crippen molar-refractivity contribution in [2.45, 2.75) is 64.5 Å². The van der Waals surface area contributed by atoms with Crippen molar-refractivity contribution >= 4 is 0 Å². The van der Waals surface area contributed by atoms with Crippen LogP contribution in [0.15, 0.2) is 24.3 Å². The lowest BCUT2D eigenvalue weighted by Crippen LogP contribution is -2.25. The van der Waals surface area contributed by atoms with Crippen LogP contribution in [-0.4, -0.2) is 12.1 Å². The van der Waals surface area contributed by atoms with E-state index in [-0.39, 0.29) is 6.04 Å². The van der Waals surface area contributed by atoms with Crippen LogP contribution >= 0.6 is 0 Å². The molecule has 1 saturated carbocycles. The normalized spacial score (nSPS) is 25.0. The third kappa shape index (κ3) is 4.54. The molecule has 3 atom stereocenters. The topological polar surface area (TPSA) is 35.2 Å². The Kier molecular flexibility index (Phi) is 5.26. The van der Waals surface area contributed by atoms with Crippen molar-refractivity contribution < 1.29 is 4.74 Å². The Balaban J connectivity index is 1.94. The van der Waals surface area contributed by atoms with Crippen LogP contribution in [0.5, 0.6) is 5.75 Å². The molecule has 0 aliphatic heterocycles. The molecule has 0 radical (unpaired) electrons. The number of hydrogen-bond acceptors (Lipinski definition) is 2. The highest BCUT2D eigenvalue weighted by Crippen LogP contribution is 2.29. The maximum atomic E-state index is 6.17. The van der Waals surface area contributed by atoms with Crippen LogP contribution in [0.2, 0.25) is 0 Å². The first-order chi connectivity index (χ1) is 9.17. The Morgan fingerprint density at radius 3 is 2.95 bits per heavy atom. The summed E-state index contributed by atoms with van der Waals surface area (Å²) in [4.78, 5) is 0. The van der Waals surface area contributed by atoms with Gasteiger partial charge in [0.25, 0.3) is 0 Å². The minimum atomic E-state index is 0.203. The number of benzene rings is 1. The monoisotopic (exact) mass is 261 g/mol. The molecule has 0 saturated heterocycles. The lowest BCUT2D eigenvalue weighted by molar-refractivity contribution is 0.122. The molecular weight excluding hydrogens is 234 g/mol. The van der Waals surface area contributed by atoms with Crippen LogP contribution in [0.3, 0.4) is 0 Å². The van der Waals surface area contributed by atoms with Gasteiger partial charge in [-0.15, -0.1) is 0 Å². The Bertz CT molecular complexity index is 389. The van der Waals surface area contributed by atoms with E-state index >= 15 is 0 Å². The fourth-order valence-corrected chi connectivity index (χ4v) is 3.03. The fraction of sp³-hybridized carbons (Fsp3) is 0.647. The highest BCUT2D eigenvalue weighted by atomic mass is 16.5. The Morgan fingerprint density at radius 1 is 1.37 bits per heavy atom. The zero-order chi connectivity index (χ0) is 13.7. The van der Waals surface area contributed by atoms with Crippen LogP contribution in [0.25, 0.3) is 0 Å². The van der Waals surface area contributed by atoms with Crippen LogP contribution < -0.4 is 10.5 Å². The molecule has 1 aromatic rings. The predicted octanol–water partition coefficient (Wildman–Crippen LogP) is 3.92. The zero-order valence-electron chi connectivity index (χ0n) is 12.3. The third-order valence-corrected chi connectivity index (χ3v) is 4.07. The molecule has 106 valence electrons. The Morgan fingerprint density at radius 2 is 2.21 bits per heavy atom. The van der Waals surface area contributed by atoms with Crippen molar-refractivity contribution in [3.63, 3.8) is 0 Å². The summed E-state index contributed by atoms with van der Waals surface area (Å²) in [6.45, 7) is 4.33. The molecule has 1 aliphatic carbocycles. The summed E-state index contributed by atoms with van der Waals surface area (Å²) in [6.07, 6.45) is 7.71. The molecule has 1 fully saturated rings. The molecule has 19 heavy (non-hydrogen) atoms. The number of rotatable bonds is 5. The minimum Gasteiger partial charge on any atom is -0.490 e. The van der Waals surface area contributed by atoms with Gasteiger partial charge in [0.05, 0.1) is 6.10 Å². The molecule has 0 spiro atoms. The van der Waals surface area contributed by atoms with Crippen LogP contribution in [-0.2, 0) is 6.42 Å². The van der Waals surface area contributed by atoms with Gasteiger partial charge in [0, 0.05) is 6.04 Å². The molecule has 2 nitrogen and oxygen atoms in total. The molecule has 0 amide bonds. The number of hydrogen-bond donors (Lipinski definition) is 1. The molecule has 2 N–H and O–H groups in total. The molecule has 1 aliphatic rings. The summed E-state index contributed by atoms with van der Waals surface area (Å²) in [5.41, 5.74) is 7.13. The van der Waals surface area contributed by atoms with Gasteiger partial charge in [-0.3, -0.25) is 0 Å². The van der Waals surface area contributed by atoms with Gasteiger partial charge in [0.1, 0.15) is 5.75 Å². The fourth-order valence-electron chi connectivity index (χ4n) is 3.03. The van der Waals surface area contributed by atoms with E-state index in [2.05, 4.69) is 31.2 Å². The van der Waals surface area contributed by atoms with Crippen LogP contribution in [0.4, 0.5) is 0 Å². The quantitative estimate of drug-likeness (QED) is 0.871. The minimum absolute atomic E-state index is 0.203. The summed E-state index contributed by atoms with van der Waals surface area (Å²) in [6, 6.07) is 8.63. The van der Waals surface area contributed by atoms with E-state index in [1.165, 1.54) is 37.7 Å². The van der Waals surface area contributed by atoms with Crippen molar-refractivity contribution in [3.05, 3.63) is 29.8 Å². The molecule has 0 bridgehead atoms. The van der Waals surface area contributed by atoms with Crippen molar-refractivity contribution in [3.8, 4) is 5.75 Å². The van der Waals surface area contributed by atoms with E-state index in [1.807, 2.05) is 6.92 Å². The molecular formula is C17H27NO. The highest BCUT2D eigenvalue weighted by Gasteiger charge is 2.22. The van der Waals surface area contributed by atoms with Crippen molar-refractivity contribution in [1.29, 1.82) is 0 Å². The average molecular weight is 261 g/mol. The van der Waals surface area contributed by atoms with Gasteiger partial charge in [-0.2, -0.15) is 0 Å². The molecule has 2 heteroatoms. The van der Waals surface area contributed by atoms with E-state index in [0.29, 0.717) is 6.10 Å². The predicted molar refractivity (Wildman–Crippen MR) is 80.5 cm³/mol. The van der Waals surface area contributed by atoms with Crippen molar-refractivity contribution in [1.82, 2.24) is 0 Å². The zero-order valence-corrected chi connectivity index (χ0v) is 12.3. The first kappa shape index (κ1) is 14.4. The van der Waals surface area contributed by atoms with Crippen LogP contribution in [0.1, 0.15) is 51.5 Å². The van der Waals surface area contributed by atoms with E-state index in [1.54, 1.807) is 0 Å². The summed E-state index contributed by atoms with van der Waals surface area (Å²) in [5.74, 6) is 1.87. The first-order valence-corrected chi connectivity index (χ1v) is 7.68. The van der Waals surface area contributed by atoms with Crippen molar-refractivity contribution in [2.75, 3.05) is 0 Å². The molecule has 0 heterocycles. The van der Waals surface area contributed by atoms with E-state index in [0.717, 1.165) is 18.1 Å². The maximum Gasteiger partial charge on any atom is 0.119 e. The molecule has 1 aromatic carbocycles. The maximum absolute atomic E-state index is 6.17. The summed E-state index contributed by atoms with van der Waals surface area (Å²) in [5, 5.41) is 0. The smallest absolute Gasteiger partial charge is 0.119 e. The first-order valence-electron chi connectivity index (χ1n) is 7.68. The van der Waals surface area contributed by atoms with Gasteiger partial charge in [0.2, 0.25) is 0 Å².